The van der Waals surface area contributed by atoms with Crippen molar-refractivity contribution in [2.45, 2.75) is 6.54 Å². The summed E-state index contributed by atoms with van der Waals surface area (Å²) in [4.78, 5) is 30.3. The monoisotopic (exact) mass is 493 g/mol. The summed E-state index contributed by atoms with van der Waals surface area (Å²) in [6.07, 6.45) is 0. The van der Waals surface area contributed by atoms with Gasteiger partial charge in [0, 0.05) is 50.4 Å². The molecule has 1 aromatic heterocycles. The number of halogens is 1. The number of para-hydroxylation sites is 2. The fourth-order valence-corrected chi connectivity index (χ4v) is 4.07. The molecule has 0 atom stereocenters. The number of hydrogen-bond acceptors (Lipinski definition) is 7. The maximum Gasteiger partial charge on any atom is 0.269 e. The maximum atomic E-state index is 12.8. The van der Waals surface area contributed by atoms with Crippen LogP contribution in [0.1, 0.15) is 15.9 Å². The zero-order valence-corrected chi connectivity index (χ0v) is 19.6. The zero-order chi connectivity index (χ0) is 23.5. The summed E-state index contributed by atoms with van der Waals surface area (Å²) in [6, 6.07) is 18.7. The van der Waals surface area contributed by atoms with E-state index in [0.717, 1.165) is 43.8 Å². The lowest BCUT2D eigenvalue weighted by atomic mass is 10.1. The van der Waals surface area contributed by atoms with Gasteiger partial charge >= 0.3 is 0 Å². The Labute approximate surface area is 207 Å². The number of benzene rings is 3. The number of carbonyl (C=O) groups excluding carboxylic acids is 1. The van der Waals surface area contributed by atoms with Gasteiger partial charge in [0.05, 0.1) is 16.2 Å². The van der Waals surface area contributed by atoms with Crippen molar-refractivity contribution in [2.24, 2.45) is 0 Å². The maximum absolute atomic E-state index is 12.8. The number of hydrogen-bond donors (Lipinski definition) is 2. The molecule has 9 nitrogen and oxygen atoms in total. The van der Waals surface area contributed by atoms with Crippen LogP contribution >= 0.6 is 12.4 Å². The standard InChI is InChI=1S/C25H23N5O4.ClH/c31-24(17-8-10-19(11-9-17)30(32)33)27-21-6-2-1-5-20(21)25-28-23-18(4-3-7-22(23)34-25)16-29-14-12-26-13-15-29;/h1-11,26H,12-16H2,(H,27,31);1H. The predicted molar refractivity (Wildman–Crippen MR) is 136 cm³/mol. The molecule has 1 amide bonds. The average molecular weight is 494 g/mol. The number of piperazine rings is 1. The summed E-state index contributed by atoms with van der Waals surface area (Å²) in [5.41, 5.74) is 4.05. The summed E-state index contributed by atoms with van der Waals surface area (Å²) in [7, 11) is 0. The van der Waals surface area contributed by atoms with Gasteiger partial charge in [0.15, 0.2) is 5.58 Å². The number of nitro groups is 1. The highest BCUT2D eigenvalue weighted by atomic mass is 35.5. The Balaban J connectivity index is 0.00000289. The van der Waals surface area contributed by atoms with Crippen molar-refractivity contribution >= 4 is 40.8 Å². The molecule has 180 valence electrons. The van der Waals surface area contributed by atoms with Gasteiger partial charge in [-0.2, -0.15) is 0 Å². The molecular weight excluding hydrogens is 470 g/mol. The number of anilines is 1. The number of fused-ring (bicyclic) bond motifs is 1. The van der Waals surface area contributed by atoms with E-state index in [4.69, 9.17) is 9.40 Å². The number of carbonyl (C=O) groups is 1. The molecule has 1 aliphatic heterocycles. The van der Waals surface area contributed by atoms with Crippen LogP contribution in [0.2, 0.25) is 0 Å². The molecule has 10 heteroatoms. The molecule has 1 fully saturated rings. The van der Waals surface area contributed by atoms with E-state index >= 15 is 0 Å². The zero-order valence-electron chi connectivity index (χ0n) is 18.8. The third-order valence-electron chi connectivity index (χ3n) is 5.85. The Hall–Kier alpha value is -3.79. The molecule has 4 aromatic rings. The van der Waals surface area contributed by atoms with Gasteiger partial charge in [-0.3, -0.25) is 19.8 Å². The van der Waals surface area contributed by atoms with E-state index in [1.165, 1.54) is 24.3 Å². The Morgan fingerprint density at radius 1 is 1.06 bits per heavy atom. The lowest BCUT2D eigenvalue weighted by Crippen LogP contribution is -2.42. The highest BCUT2D eigenvalue weighted by molar-refractivity contribution is 6.06. The number of aromatic nitrogens is 1. The number of nitrogens with one attached hydrogen (secondary N) is 2. The van der Waals surface area contributed by atoms with Crippen LogP contribution in [0.5, 0.6) is 0 Å². The molecule has 0 spiro atoms. The van der Waals surface area contributed by atoms with Gasteiger partial charge in [-0.15, -0.1) is 12.4 Å². The minimum atomic E-state index is -0.499. The Morgan fingerprint density at radius 3 is 2.54 bits per heavy atom. The first-order valence-corrected chi connectivity index (χ1v) is 11.1. The van der Waals surface area contributed by atoms with Gasteiger partial charge in [0.1, 0.15) is 5.52 Å². The van der Waals surface area contributed by atoms with Gasteiger partial charge in [0.2, 0.25) is 5.89 Å². The van der Waals surface area contributed by atoms with Gasteiger partial charge in [-0.05, 0) is 35.9 Å². The molecular formula is C25H24ClN5O4. The van der Waals surface area contributed by atoms with Crippen molar-refractivity contribution in [3.05, 3.63) is 88.0 Å². The number of non-ortho nitro benzene ring substituents is 1. The molecule has 1 aliphatic rings. The summed E-state index contributed by atoms with van der Waals surface area (Å²) in [5.74, 6) is 0.0419. The lowest BCUT2D eigenvalue weighted by Gasteiger charge is -2.27. The van der Waals surface area contributed by atoms with Gasteiger partial charge in [-0.25, -0.2) is 4.98 Å². The van der Waals surface area contributed by atoms with Crippen molar-refractivity contribution in [3.63, 3.8) is 0 Å². The van der Waals surface area contributed by atoms with Crippen molar-refractivity contribution in [2.75, 3.05) is 31.5 Å². The van der Waals surface area contributed by atoms with Crippen molar-refractivity contribution in [3.8, 4) is 11.5 Å². The molecule has 0 saturated carbocycles. The first-order valence-electron chi connectivity index (χ1n) is 11.1. The Morgan fingerprint density at radius 2 is 1.80 bits per heavy atom. The normalized spacial score (nSPS) is 13.8. The van der Waals surface area contributed by atoms with Crippen molar-refractivity contribution in [1.82, 2.24) is 15.2 Å². The van der Waals surface area contributed by atoms with E-state index < -0.39 is 4.92 Å². The SMILES string of the molecule is Cl.O=C(Nc1ccccc1-c1nc2c(CN3CCNCC3)cccc2o1)c1ccc([N+](=O)[O-])cc1. The fourth-order valence-electron chi connectivity index (χ4n) is 4.07. The predicted octanol–water partition coefficient (Wildman–Crippen LogP) is 4.48. The van der Waals surface area contributed by atoms with Crippen molar-refractivity contribution < 1.29 is 14.1 Å². The van der Waals surface area contributed by atoms with E-state index in [-0.39, 0.29) is 24.0 Å². The quantitative estimate of drug-likeness (QED) is 0.300. The highest BCUT2D eigenvalue weighted by Crippen LogP contribution is 2.32. The molecule has 1 saturated heterocycles. The summed E-state index contributed by atoms with van der Waals surface area (Å²) >= 11 is 0. The van der Waals surface area contributed by atoms with Gasteiger partial charge < -0.3 is 15.1 Å². The summed E-state index contributed by atoms with van der Waals surface area (Å²) in [5, 5.41) is 17.1. The molecule has 2 heterocycles. The molecule has 5 rings (SSSR count). The van der Waals surface area contributed by atoms with E-state index in [0.29, 0.717) is 28.3 Å². The summed E-state index contributed by atoms with van der Waals surface area (Å²) < 4.78 is 6.09. The van der Waals surface area contributed by atoms with Crippen molar-refractivity contribution in [1.29, 1.82) is 0 Å². The third kappa shape index (κ3) is 5.32. The second kappa shape index (κ2) is 10.6. The highest BCUT2D eigenvalue weighted by Gasteiger charge is 2.18. The summed E-state index contributed by atoms with van der Waals surface area (Å²) in [6.45, 7) is 4.71. The van der Waals surface area contributed by atoms with Crippen LogP contribution in [0.15, 0.2) is 71.1 Å². The molecule has 35 heavy (non-hydrogen) atoms. The lowest BCUT2D eigenvalue weighted by molar-refractivity contribution is -0.384. The molecule has 0 unspecified atom stereocenters. The third-order valence-corrected chi connectivity index (χ3v) is 5.85. The Bertz CT molecular complexity index is 1350. The second-order valence-electron chi connectivity index (χ2n) is 8.11. The second-order valence-corrected chi connectivity index (χ2v) is 8.11. The first-order chi connectivity index (χ1) is 16.6. The van der Waals surface area contributed by atoms with Crippen LogP contribution in [0.25, 0.3) is 22.6 Å². The van der Waals surface area contributed by atoms with Gasteiger partial charge in [-0.1, -0.05) is 24.3 Å². The topological polar surface area (TPSA) is 114 Å². The van der Waals surface area contributed by atoms with E-state index in [1.54, 1.807) is 6.07 Å². The van der Waals surface area contributed by atoms with E-state index in [9.17, 15) is 14.9 Å². The van der Waals surface area contributed by atoms with E-state index in [2.05, 4.69) is 21.6 Å². The molecule has 0 aliphatic carbocycles. The molecule has 0 radical (unpaired) electrons. The minimum absolute atomic E-state index is 0. The largest absolute Gasteiger partial charge is 0.436 e. The van der Waals surface area contributed by atoms with Gasteiger partial charge in [0.25, 0.3) is 11.6 Å². The van der Waals surface area contributed by atoms with Crippen LogP contribution in [-0.2, 0) is 6.54 Å². The number of rotatable bonds is 6. The minimum Gasteiger partial charge on any atom is -0.436 e. The smallest absolute Gasteiger partial charge is 0.269 e. The van der Waals surface area contributed by atoms with Crippen LogP contribution in [0, 0.1) is 10.1 Å². The molecule has 2 N–H and O–H groups in total. The van der Waals surface area contributed by atoms with Crippen LogP contribution in [-0.4, -0.2) is 46.9 Å². The fraction of sp³-hybridized carbons (Fsp3) is 0.200. The van der Waals surface area contributed by atoms with Crippen LogP contribution in [0.3, 0.4) is 0 Å². The first kappa shape index (κ1) is 24.3. The average Bonchev–Trinajstić information content (AvgIpc) is 3.30. The number of nitrogens with zero attached hydrogens (tertiary/aromatic N) is 3. The van der Waals surface area contributed by atoms with Crippen LogP contribution in [0.4, 0.5) is 11.4 Å². The number of nitro benzene ring substituents is 1. The van der Waals surface area contributed by atoms with Crippen LogP contribution < -0.4 is 10.6 Å². The number of oxazole rings is 1. The number of amides is 1. The molecule has 0 bridgehead atoms. The molecule has 3 aromatic carbocycles. The Kier molecular flexibility index (Phi) is 7.40. The van der Waals surface area contributed by atoms with E-state index in [1.807, 2.05) is 30.3 Å².